The summed E-state index contributed by atoms with van der Waals surface area (Å²) in [5, 5.41) is 3.96. The van der Waals surface area contributed by atoms with E-state index in [1.165, 1.54) is 0 Å². The van der Waals surface area contributed by atoms with Crippen LogP contribution in [0.3, 0.4) is 0 Å². The van der Waals surface area contributed by atoms with Crippen LogP contribution in [-0.4, -0.2) is 12.5 Å². The molecule has 0 aromatic heterocycles. The molecule has 0 aliphatic carbocycles. The fraction of sp³-hybridized carbons (Fsp3) is 0.364. The van der Waals surface area contributed by atoms with Gasteiger partial charge in [0.2, 0.25) is 0 Å². The highest BCUT2D eigenvalue weighted by molar-refractivity contribution is 6.39. The molecule has 16 heavy (non-hydrogen) atoms. The second kappa shape index (κ2) is 6.61. The van der Waals surface area contributed by atoms with Crippen molar-refractivity contribution < 1.29 is 0 Å². The molecule has 0 saturated heterocycles. The van der Waals surface area contributed by atoms with E-state index in [4.69, 9.17) is 28.9 Å². The highest BCUT2D eigenvalue weighted by Crippen LogP contribution is 2.29. The second-order valence-corrected chi connectivity index (χ2v) is 4.16. The summed E-state index contributed by atoms with van der Waals surface area (Å²) >= 11 is 12.0. The highest BCUT2D eigenvalue weighted by Gasteiger charge is 2.05. The Morgan fingerprint density at radius 2 is 2.00 bits per heavy atom. The van der Waals surface area contributed by atoms with Crippen molar-refractivity contribution in [3.05, 3.63) is 28.2 Å². The molecule has 3 N–H and O–H groups in total. The summed E-state index contributed by atoms with van der Waals surface area (Å²) in [6.07, 6.45) is 2.10. The molecule has 1 rings (SSSR count). The maximum atomic E-state index is 5.98. The molecule has 1 aromatic rings. The lowest BCUT2D eigenvalue weighted by Gasteiger charge is -2.09. The number of hydrogen-bond donors (Lipinski definition) is 2. The summed E-state index contributed by atoms with van der Waals surface area (Å²) in [4.78, 5) is 4.16. The number of aliphatic imine (C=N–C) groups is 1. The molecular formula is C11H15Cl2N3. The number of nitrogens with one attached hydrogen (secondary N) is 1. The first-order valence-corrected chi connectivity index (χ1v) is 5.91. The van der Waals surface area contributed by atoms with Crippen molar-refractivity contribution in [1.82, 2.24) is 0 Å². The van der Waals surface area contributed by atoms with Crippen molar-refractivity contribution in [2.45, 2.75) is 19.8 Å². The molecule has 0 atom stereocenters. The van der Waals surface area contributed by atoms with Gasteiger partial charge in [-0.15, -0.1) is 0 Å². The van der Waals surface area contributed by atoms with Crippen LogP contribution in [0, 0.1) is 0 Å². The Morgan fingerprint density at radius 1 is 1.38 bits per heavy atom. The van der Waals surface area contributed by atoms with Gasteiger partial charge in [-0.25, -0.2) is 0 Å². The van der Waals surface area contributed by atoms with Gasteiger partial charge in [0.15, 0.2) is 5.96 Å². The van der Waals surface area contributed by atoms with Crippen molar-refractivity contribution in [2.24, 2.45) is 10.7 Å². The fourth-order valence-corrected chi connectivity index (χ4v) is 1.63. The van der Waals surface area contributed by atoms with Gasteiger partial charge in [-0.05, 0) is 18.6 Å². The van der Waals surface area contributed by atoms with Gasteiger partial charge < -0.3 is 11.1 Å². The largest absolute Gasteiger partial charge is 0.370 e. The van der Waals surface area contributed by atoms with Crippen LogP contribution in [0.1, 0.15) is 19.8 Å². The normalized spacial score (nSPS) is 11.6. The van der Waals surface area contributed by atoms with E-state index in [0.29, 0.717) is 28.2 Å². The Labute approximate surface area is 106 Å². The zero-order valence-corrected chi connectivity index (χ0v) is 10.6. The minimum atomic E-state index is 0.337. The number of nitrogens with zero attached hydrogens (tertiary/aromatic N) is 1. The van der Waals surface area contributed by atoms with Gasteiger partial charge in [-0.2, -0.15) is 0 Å². The first-order valence-electron chi connectivity index (χ1n) is 5.16. The van der Waals surface area contributed by atoms with Crippen LogP contribution in [0.15, 0.2) is 23.2 Å². The van der Waals surface area contributed by atoms with Crippen LogP contribution >= 0.6 is 23.2 Å². The second-order valence-electron chi connectivity index (χ2n) is 3.34. The molecule has 3 nitrogen and oxygen atoms in total. The molecule has 0 saturated carbocycles. The van der Waals surface area contributed by atoms with E-state index in [0.717, 1.165) is 12.8 Å². The lowest BCUT2D eigenvalue weighted by atomic mass is 10.3. The standard InChI is InChI=1S/C11H15Cl2N3/c1-2-3-7-15-11(14)16-10-8(12)5-4-6-9(10)13/h4-6H,2-3,7H2,1H3,(H3,14,15,16). The van der Waals surface area contributed by atoms with Crippen molar-refractivity contribution in [3.63, 3.8) is 0 Å². The van der Waals surface area contributed by atoms with E-state index < -0.39 is 0 Å². The van der Waals surface area contributed by atoms with Gasteiger partial charge in [0.1, 0.15) is 0 Å². The topological polar surface area (TPSA) is 50.4 Å². The number of anilines is 1. The first-order chi connectivity index (χ1) is 7.65. The van der Waals surface area contributed by atoms with Crippen LogP contribution in [0.2, 0.25) is 10.0 Å². The zero-order valence-electron chi connectivity index (χ0n) is 9.13. The molecule has 5 heteroatoms. The monoisotopic (exact) mass is 259 g/mol. The summed E-state index contributed by atoms with van der Waals surface area (Å²) in [6, 6.07) is 5.27. The molecule has 0 unspecified atom stereocenters. The van der Waals surface area contributed by atoms with Crippen LogP contribution in [0.4, 0.5) is 5.69 Å². The molecule has 0 bridgehead atoms. The number of nitrogens with two attached hydrogens (primary N) is 1. The van der Waals surface area contributed by atoms with E-state index in [9.17, 15) is 0 Å². The summed E-state index contributed by atoms with van der Waals surface area (Å²) in [5.41, 5.74) is 6.31. The van der Waals surface area contributed by atoms with Gasteiger partial charge in [0.25, 0.3) is 0 Å². The zero-order chi connectivity index (χ0) is 12.0. The minimum Gasteiger partial charge on any atom is -0.370 e. The average Bonchev–Trinajstić information content (AvgIpc) is 2.24. The van der Waals surface area contributed by atoms with Gasteiger partial charge in [-0.3, -0.25) is 4.99 Å². The van der Waals surface area contributed by atoms with Crippen molar-refractivity contribution in [3.8, 4) is 0 Å². The Bertz CT molecular complexity index is 357. The van der Waals surface area contributed by atoms with Gasteiger partial charge >= 0.3 is 0 Å². The quantitative estimate of drug-likeness (QED) is 0.494. The smallest absolute Gasteiger partial charge is 0.193 e. The summed E-state index contributed by atoms with van der Waals surface area (Å²) in [6.45, 7) is 2.81. The number of unbranched alkanes of at least 4 members (excludes halogenated alkanes) is 1. The molecule has 1 aromatic carbocycles. The van der Waals surface area contributed by atoms with Crippen molar-refractivity contribution >= 4 is 34.8 Å². The number of rotatable bonds is 4. The molecule has 88 valence electrons. The van der Waals surface area contributed by atoms with Gasteiger partial charge in [0, 0.05) is 6.54 Å². The number of halogens is 2. The fourth-order valence-electron chi connectivity index (χ4n) is 1.14. The molecule has 0 fully saturated rings. The molecule has 0 spiro atoms. The van der Waals surface area contributed by atoms with Crippen molar-refractivity contribution in [2.75, 3.05) is 11.9 Å². The SMILES string of the molecule is CCCCN=C(N)Nc1c(Cl)cccc1Cl. The number of benzene rings is 1. The molecule has 0 aliphatic rings. The molecule has 0 radical (unpaired) electrons. The van der Waals surface area contributed by atoms with Crippen molar-refractivity contribution in [1.29, 1.82) is 0 Å². The number of hydrogen-bond acceptors (Lipinski definition) is 1. The van der Waals surface area contributed by atoms with Gasteiger partial charge in [-0.1, -0.05) is 42.6 Å². The summed E-state index contributed by atoms with van der Waals surface area (Å²) < 4.78 is 0. The summed E-state index contributed by atoms with van der Waals surface area (Å²) in [5.74, 6) is 0.337. The lowest BCUT2D eigenvalue weighted by Crippen LogP contribution is -2.23. The lowest BCUT2D eigenvalue weighted by molar-refractivity contribution is 0.807. The minimum absolute atomic E-state index is 0.337. The van der Waals surface area contributed by atoms with Crippen LogP contribution in [0.25, 0.3) is 0 Å². The molecule has 0 amide bonds. The molecular weight excluding hydrogens is 245 g/mol. The van der Waals surface area contributed by atoms with E-state index in [2.05, 4.69) is 17.2 Å². The number of guanidine groups is 1. The Hall–Kier alpha value is -0.930. The molecule has 0 aliphatic heterocycles. The third-order valence-electron chi connectivity index (χ3n) is 2.01. The highest BCUT2D eigenvalue weighted by atomic mass is 35.5. The Kier molecular flexibility index (Phi) is 5.43. The Balaban J connectivity index is 2.69. The predicted molar refractivity (Wildman–Crippen MR) is 71.5 cm³/mol. The third-order valence-corrected chi connectivity index (χ3v) is 2.64. The van der Waals surface area contributed by atoms with E-state index in [1.54, 1.807) is 18.2 Å². The van der Waals surface area contributed by atoms with Crippen LogP contribution in [0.5, 0.6) is 0 Å². The Morgan fingerprint density at radius 3 is 2.56 bits per heavy atom. The molecule has 0 heterocycles. The van der Waals surface area contributed by atoms with E-state index >= 15 is 0 Å². The maximum absolute atomic E-state index is 5.98. The van der Waals surface area contributed by atoms with E-state index in [1.807, 2.05) is 0 Å². The average molecular weight is 260 g/mol. The summed E-state index contributed by atoms with van der Waals surface area (Å²) in [7, 11) is 0. The van der Waals surface area contributed by atoms with E-state index in [-0.39, 0.29) is 0 Å². The maximum Gasteiger partial charge on any atom is 0.193 e. The van der Waals surface area contributed by atoms with Crippen LogP contribution in [-0.2, 0) is 0 Å². The van der Waals surface area contributed by atoms with Crippen LogP contribution < -0.4 is 11.1 Å². The third kappa shape index (κ3) is 3.91. The predicted octanol–water partition coefficient (Wildman–Crippen LogP) is 3.52. The van der Waals surface area contributed by atoms with Gasteiger partial charge in [0.05, 0.1) is 15.7 Å². The first kappa shape index (κ1) is 13.1. The number of para-hydroxylation sites is 1.